The predicted molar refractivity (Wildman–Crippen MR) is 101 cm³/mol. The van der Waals surface area contributed by atoms with Gasteiger partial charge < -0.3 is 19.9 Å². The van der Waals surface area contributed by atoms with Crippen LogP contribution in [0.5, 0.6) is 0 Å². The van der Waals surface area contributed by atoms with Crippen molar-refractivity contribution >= 4 is 17.8 Å². The summed E-state index contributed by atoms with van der Waals surface area (Å²) in [5.41, 5.74) is 0. The number of likely N-dealkylation sites (tertiary alicyclic amines) is 1. The lowest BCUT2D eigenvalue weighted by atomic mass is 9.89. The normalized spacial score (nSPS) is 36.1. The van der Waals surface area contributed by atoms with Crippen LogP contribution in [0.2, 0.25) is 0 Å². The van der Waals surface area contributed by atoms with Crippen molar-refractivity contribution in [2.24, 2.45) is 17.8 Å². The van der Waals surface area contributed by atoms with Gasteiger partial charge in [0.2, 0.25) is 11.8 Å². The van der Waals surface area contributed by atoms with E-state index >= 15 is 0 Å². The molecule has 1 N–H and O–H groups in total. The van der Waals surface area contributed by atoms with Gasteiger partial charge in [-0.1, -0.05) is 0 Å². The summed E-state index contributed by atoms with van der Waals surface area (Å²) in [6.45, 7) is 3.00. The molecule has 2 saturated carbocycles. The first-order valence-electron chi connectivity index (χ1n) is 10.2. The number of amides is 2. The van der Waals surface area contributed by atoms with Crippen molar-refractivity contribution in [3.8, 4) is 0 Å². The zero-order valence-corrected chi connectivity index (χ0v) is 16.9. The Kier molecular flexibility index (Phi) is 6.08. The van der Waals surface area contributed by atoms with E-state index in [1.807, 2.05) is 11.9 Å². The van der Waals surface area contributed by atoms with Crippen molar-refractivity contribution in [1.29, 1.82) is 0 Å². The molecule has 0 aromatic heterocycles. The van der Waals surface area contributed by atoms with E-state index < -0.39 is 0 Å². The highest BCUT2D eigenvalue weighted by molar-refractivity contribution is 5.90. The summed E-state index contributed by atoms with van der Waals surface area (Å²) >= 11 is 0. The number of ether oxygens (including phenoxy) is 1. The van der Waals surface area contributed by atoms with E-state index in [9.17, 15) is 14.4 Å². The number of esters is 1. The van der Waals surface area contributed by atoms with Crippen molar-refractivity contribution < 1.29 is 19.1 Å². The van der Waals surface area contributed by atoms with Gasteiger partial charge in [0.15, 0.2) is 0 Å². The summed E-state index contributed by atoms with van der Waals surface area (Å²) in [5, 5.41) is 3.23. The molecule has 3 fully saturated rings. The summed E-state index contributed by atoms with van der Waals surface area (Å²) < 4.78 is 4.73. The highest BCUT2D eigenvalue weighted by Gasteiger charge is 2.50. The van der Waals surface area contributed by atoms with Crippen molar-refractivity contribution in [1.82, 2.24) is 15.1 Å². The van der Waals surface area contributed by atoms with Crippen LogP contribution in [0.15, 0.2) is 0 Å². The van der Waals surface area contributed by atoms with Crippen LogP contribution in [0, 0.1) is 17.8 Å². The molecular formula is C20H33N3O4. The topological polar surface area (TPSA) is 79.0 Å². The SMILES string of the molecule is COC(=O)[C@@H]1C[C@@H]1C(=O)N(C)C1CCC(NC(=O)[C@@H]2C[C@H](C)N(C)C2)CC1. The number of rotatable bonds is 5. The van der Waals surface area contributed by atoms with E-state index in [1.54, 1.807) is 0 Å². The van der Waals surface area contributed by atoms with E-state index in [4.69, 9.17) is 4.74 Å². The first-order valence-corrected chi connectivity index (χ1v) is 10.2. The van der Waals surface area contributed by atoms with Crippen LogP contribution in [0.25, 0.3) is 0 Å². The molecule has 7 heteroatoms. The molecule has 152 valence electrons. The van der Waals surface area contributed by atoms with Crippen LogP contribution < -0.4 is 5.32 Å². The van der Waals surface area contributed by atoms with Crippen molar-refractivity contribution in [3.05, 3.63) is 0 Å². The molecule has 0 spiro atoms. The van der Waals surface area contributed by atoms with E-state index in [1.165, 1.54) is 7.11 Å². The molecule has 27 heavy (non-hydrogen) atoms. The number of carbonyl (C=O) groups is 3. The van der Waals surface area contributed by atoms with Crippen LogP contribution >= 0.6 is 0 Å². The molecule has 0 bridgehead atoms. The second kappa shape index (κ2) is 8.17. The number of carbonyl (C=O) groups excluding carboxylic acids is 3. The number of hydrogen-bond acceptors (Lipinski definition) is 5. The largest absolute Gasteiger partial charge is 0.469 e. The van der Waals surface area contributed by atoms with Gasteiger partial charge in [-0.15, -0.1) is 0 Å². The monoisotopic (exact) mass is 379 g/mol. The first kappa shape index (κ1) is 20.1. The molecule has 7 nitrogen and oxygen atoms in total. The molecule has 3 aliphatic rings. The third kappa shape index (κ3) is 4.45. The minimum atomic E-state index is -0.278. The molecule has 0 radical (unpaired) electrons. The molecule has 2 aliphatic carbocycles. The molecule has 1 heterocycles. The summed E-state index contributed by atoms with van der Waals surface area (Å²) in [4.78, 5) is 40.7. The average Bonchev–Trinajstić information content (AvgIpc) is 3.39. The minimum absolute atomic E-state index is 0.0564. The van der Waals surface area contributed by atoms with E-state index in [2.05, 4.69) is 24.2 Å². The lowest BCUT2D eigenvalue weighted by Crippen LogP contribution is -2.46. The molecule has 3 rings (SSSR count). The Morgan fingerprint density at radius 2 is 1.74 bits per heavy atom. The van der Waals surface area contributed by atoms with Gasteiger partial charge in [-0.3, -0.25) is 14.4 Å². The molecule has 1 saturated heterocycles. The van der Waals surface area contributed by atoms with Crippen LogP contribution in [-0.2, 0) is 19.1 Å². The summed E-state index contributed by atoms with van der Waals surface area (Å²) in [7, 11) is 5.28. The van der Waals surface area contributed by atoms with Gasteiger partial charge in [-0.25, -0.2) is 0 Å². The number of nitrogens with zero attached hydrogens (tertiary/aromatic N) is 2. The summed E-state index contributed by atoms with van der Waals surface area (Å²) in [5.74, 6) is -0.412. The fraction of sp³-hybridized carbons (Fsp3) is 0.850. The smallest absolute Gasteiger partial charge is 0.309 e. The predicted octanol–water partition coefficient (Wildman–Crippen LogP) is 1.02. The molecule has 4 atom stereocenters. The molecule has 0 unspecified atom stereocenters. The van der Waals surface area contributed by atoms with E-state index in [0.717, 1.165) is 38.6 Å². The van der Waals surface area contributed by atoms with Gasteiger partial charge in [-0.2, -0.15) is 0 Å². The van der Waals surface area contributed by atoms with Crippen molar-refractivity contribution in [2.45, 2.75) is 63.6 Å². The van der Waals surface area contributed by atoms with Gasteiger partial charge in [0.05, 0.1) is 24.9 Å². The Bertz CT molecular complexity index is 578. The van der Waals surface area contributed by atoms with Gasteiger partial charge >= 0.3 is 5.97 Å². The minimum Gasteiger partial charge on any atom is -0.469 e. The number of hydrogen-bond donors (Lipinski definition) is 1. The zero-order valence-electron chi connectivity index (χ0n) is 16.9. The molecule has 1 aliphatic heterocycles. The molecule has 0 aromatic rings. The third-order valence-electron chi connectivity index (χ3n) is 6.81. The maximum absolute atomic E-state index is 12.6. The lowest BCUT2D eigenvalue weighted by Gasteiger charge is -2.35. The van der Waals surface area contributed by atoms with Gasteiger partial charge in [-0.05, 0) is 52.5 Å². The Morgan fingerprint density at radius 3 is 2.30 bits per heavy atom. The lowest BCUT2D eigenvalue weighted by molar-refractivity contribution is -0.145. The highest BCUT2D eigenvalue weighted by Crippen LogP contribution is 2.41. The van der Waals surface area contributed by atoms with Gasteiger partial charge in [0, 0.05) is 31.7 Å². The number of nitrogens with one attached hydrogen (secondary N) is 1. The van der Waals surface area contributed by atoms with E-state index in [0.29, 0.717) is 12.5 Å². The maximum atomic E-state index is 12.6. The summed E-state index contributed by atoms with van der Waals surface area (Å²) in [6.07, 6.45) is 5.12. The number of methoxy groups -OCH3 is 1. The standard InChI is InChI=1S/C20H33N3O4/c1-12-9-13(11-22(12)2)18(24)21-14-5-7-15(8-6-14)23(3)19(25)16-10-17(16)20(26)27-4/h12-17H,5-11H2,1-4H3,(H,21,24)/t12-,13+,14?,15?,16-,17+/m0/s1. The fourth-order valence-electron chi connectivity index (χ4n) is 4.63. The quantitative estimate of drug-likeness (QED) is 0.722. The molecule has 0 aromatic carbocycles. The molecule has 2 amide bonds. The Balaban J connectivity index is 1.42. The fourth-order valence-corrected chi connectivity index (χ4v) is 4.63. The zero-order chi connectivity index (χ0) is 19.7. The first-order chi connectivity index (χ1) is 12.8. The van der Waals surface area contributed by atoms with Crippen LogP contribution in [0.4, 0.5) is 0 Å². The van der Waals surface area contributed by atoms with Gasteiger partial charge in [0.25, 0.3) is 0 Å². The average molecular weight is 380 g/mol. The second-order valence-corrected chi connectivity index (χ2v) is 8.66. The van der Waals surface area contributed by atoms with Gasteiger partial charge in [0.1, 0.15) is 0 Å². The molecular weight excluding hydrogens is 346 g/mol. The highest BCUT2D eigenvalue weighted by atomic mass is 16.5. The summed E-state index contributed by atoms with van der Waals surface area (Å²) in [6, 6.07) is 0.872. The maximum Gasteiger partial charge on any atom is 0.309 e. The van der Waals surface area contributed by atoms with Crippen molar-refractivity contribution in [2.75, 3.05) is 27.7 Å². The Hall–Kier alpha value is -1.63. The Labute approximate surface area is 161 Å². The van der Waals surface area contributed by atoms with Crippen LogP contribution in [0.3, 0.4) is 0 Å². The van der Waals surface area contributed by atoms with E-state index in [-0.39, 0.29) is 47.6 Å². The van der Waals surface area contributed by atoms with Crippen molar-refractivity contribution in [3.63, 3.8) is 0 Å². The third-order valence-corrected chi connectivity index (χ3v) is 6.81. The van der Waals surface area contributed by atoms with Crippen LogP contribution in [-0.4, -0.2) is 73.5 Å². The second-order valence-electron chi connectivity index (χ2n) is 8.66. The Morgan fingerprint density at radius 1 is 1.07 bits per heavy atom. The van der Waals surface area contributed by atoms with Crippen LogP contribution in [0.1, 0.15) is 45.4 Å².